The van der Waals surface area contributed by atoms with Gasteiger partial charge in [0.25, 0.3) is 11.8 Å². The molecule has 0 unspecified atom stereocenters. The third-order valence-corrected chi connectivity index (χ3v) is 4.44. The van der Waals surface area contributed by atoms with Gasteiger partial charge in [0, 0.05) is 18.3 Å². The summed E-state index contributed by atoms with van der Waals surface area (Å²) in [4.78, 5) is 29.2. The summed E-state index contributed by atoms with van der Waals surface area (Å²) >= 11 is 1.49. The smallest absolute Gasteiger partial charge is 0.277 e. The van der Waals surface area contributed by atoms with Crippen LogP contribution in [0.15, 0.2) is 46.2 Å². The van der Waals surface area contributed by atoms with Crippen LogP contribution in [-0.2, 0) is 4.79 Å². The first-order chi connectivity index (χ1) is 13.1. The fourth-order valence-corrected chi connectivity index (χ4v) is 3.01. The molecule has 3 aromatic rings. The summed E-state index contributed by atoms with van der Waals surface area (Å²) in [6, 6.07) is 10.6. The van der Waals surface area contributed by atoms with Crippen molar-refractivity contribution in [3.05, 3.63) is 53.2 Å². The van der Waals surface area contributed by atoms with Gasteiger partial charge in [-0.15, -0.1) is 11.3 Å². The molecule has 8 heteroatoms. The molecule has 0 aliphatic heterocycles. The summed E-state index contributed by atoms with van der Waals surface area (Å²) < 4.78 is 11.0. The van der Waals surface area contributed by atoms with Crippen LogP contribution in [0.2, 0.25) is 0 Å². The average molecular weight is 385 g/mol. The Bertz CT molecular complexity index is 934. The number of nitrogens with one attached hydrogen (secondary N) is 2. The SMILES string of the molecule is CCNC(=O)COc1cccc(NC(=O)c2nc(-c3cccs3)oc2C)c1. The maximum Gasteiger partial charge on any atom is 0.277 e. The molecule has 140 valence electrons. The molecule has 1 aromatic carbocycles. The van der Waals surface area contributed by atoms with E-state index in [9.17, 15) is 9.59 Å². The quantitative estimate of drug-likeness (QED) is 0.649. The Balaban J connectivity index is 1.68. The maximum absolute atomic E-state index is 12.5. The molecule has 2 N–H and O–H groups in total. The Labute approximate surface area is 160 Å². The van der Waals surface area contributed by atoms with Gasteiger partial charge in [-0.05, 0) is 37.4 Å². The minimum atomic E-state index is -0.375. The molecule has 2 amide bonds. The van der Waals surface area contributed by atoms with Crippen LogP contribution in [0.5, 0.6) is 5.75 Å². The number of nitrogens with zero attached hydrogens (tertiary/aromatic N) is 1. The normalized spacial score (nSPS) is 10.4. The molecule has 27 heavy (non-hydrogen) atoms. The van der Waals surface area contributed by atoms with Crippen LogP contribution >= 0.6 is 11.3 Å². The van der Waals surface area contributed by atoms with Crippen molar-refractivity contribution in [2.75, 3.05) is 18.5 Å². The average Bonchev–Trinajstić information content (AvgIpc) is 3.30. The van der Waals surface area contributed by atoms with Crippen LogP contribution in [0.25, 0.3) is 10.8 Å². The van der Waals surface area contributed by atoms with Gasteiger partial charge in [-0.3, -0.25) is 9.59 Å². The van der Waals surface area contributed by atoms with Gasteiger partial charge in [-0.2, -0.15) is 0 Å². The fraction of sp³-hybridized carbons (Fsp3) is 0.211. The highest BCUT2D eigenvalue weighted by Crippen LogP contribution is 2.26. The first-order valence-corrected chi connectivity index (χ1v) is 9.27. The standard InChI is InChI=1S/C19H19N3O4S/c1-3-20-16(23)11-25-14-7-4-6-13(10-14)21-18(24)17-12(2)26-19(22-17)15-8-5-9-27-15/h4-10H,3,11H2,1-2H3,(H,20,23)(H,21,24). The zero-order valence-corrected chi connectivity index (χ0v) is 15.8. The van der Waals surface area contributed by atoms with Gasteiger partial charge in [0.2, 0.25) is 5.89 Å². The van der Waals surface area contributed by atoms with Crippen molar-refractivity contribution in [2.45, 2.75) is 13.8 Å². The molecular weight excluding hydrogens is 366 g/mol. The number of rotatable bonds is 7. The summed E-state index contributed by atoms with van der Waals surface area (Å²) in [5.74, 6) is 0.771. The highest BCUT2D eigenvalue weighted by Gasteiger charge is 2.19. The number of hydrogen-bond donors (Lipinski definition) is 2. The number of benzene rings is 1. The Morgan fingerprint density at radius 3 is 2.85 bits per heavy atom. The number of ether oxygens (including phenoxy) is 1. The second-order valence-corrected chi connectivity index (χ2v) is 6.57. The van der Waals surface area contributed by atoms with Crippen molar-refractivity contribution in [3.63, 3.8) is 0 Å². The highest BCUT2D eigenvalue weighted by atomic mass is 32.1. The Kier molecular flexibility index (Phi) is 5.87. The second-order valence-electron chi connectivity index (χ2n) is 5.63. The van der Waals surface area contributed by atoms with Crippen LogP contribution in [0.3, 0.4) is 0 Å². The number of carbonyl (C=O) groups is 2. The molecule has 0 aliphatic carbocycles. The van der Waals surface area contributed by atoms with Crippen molar-refractivity contribution < 1.29 is 18.7 Å². The molecule has 2 aromatic heterocycles. The van der Waals surface area contributed by atoms with E-state index >= 15 is 0 Å². The second kappa shape index (κ2) is 8.50. The number of amides is 2. The van der Waals surface area contributed by atoms with E-state index in [0.717, 1.165) is 4.88 Å². The maximum atomic E-state index is 12.5. The third kappa shape index (κ3) is 4.73. The lowest BCUT2D eigenvalue weighted by atomic mass is 10.2. The summed E-state index contributed by atoms with van der Waals surface area (Å²) in [6.45, 7) is 4.00. The van der Waals surface area contributed by atoms with E-state index in [-0.39, 0.29) is 24.1 Å². The predicted octanol–water partition coefficient (Wildman–Crippen LogP) is 3.48. The lowest BCUT2D eigenvalue weighted by Gasteiger charge is -2.08. The highest BCUT2D eigenvalue weighted by molar-refractivity contribution is 7.13. The third-order valence-electron chi connectivity index (χ3n) is 3.58. The van der Waals surface area contributed by atoms with E-state index in [1.165, 1.54) is 11.3 Å². The molecule has 0 fully saturated rings. The largest absolute Gasteiger partial charge is 0.484 e. The number of carbonyl (C=O) groups excluding carboxylic acids is 2. The van der Waals surface area contributed by atoms with Crippen molar-refractivity contribution in [1.82, 2.24) is 10.3 Å². The zero-order chi connectivity index (χ0) is 19.2. The van der Waals surface area contributed by atoms with Gasteiger partial charge in [0.15, 0.2) is 12.3 Å². The summed E-state index contributed by atoms with van der Waals surface area (Å²) in [5.41, 5.74) is 0.764. The van der Waals surface area contributed by atoms with E-state index in [4.69, 9.17) is 9.15 Å². The summed E-state index contributed by atoms with van der Waals surface area (Å²) in [6.07, 6.45) is 0. The van der Waals surface area contributed by atoms with E-state index in [0.29, 0.717) is 29.6 Å². The zero-order valence-electron chi connectivity index (χ0n) is 14.9. The van der Waals surface area contributed by atoms with Gasteiger partial charge in [0.1, 0.15) is 11.5 Å². The Morgan fingerprint density at radius 2 is 2.11 bits per heavy atom. The number of hydrogen-bond acceptors (Lipinski definition) is 6. The van der Waals surface area contributed by atoms with Crippen LogP contribution in [-0.4, -0.2) is 29.9 Å². The van der Waals surface area contributed by atoms with E-state index < -0.39 is 0 Å². The van der Waals surface area contributed by atoms with Gasteiger partial charge in [-0.25, -0.2) is 4.98 Å². The van der Waals surface area contributed by atoms with Crippen LogP contribution < -0.4 is 15.4 Å². The minimum absolute atomic E-state index is 0.0855. The number of aryl methyl sites for hydroxylation is 1. The fourth-order valence-electron chi connectivity index (χ4n) is 2.36. The lowest BCUT2D eigenvalue weighted by molar-refractivity contribution is -0.122. The molecule has 0 radical (unpaired) electrons. The van der Waals surface area contributed by atoms with Crippen molar-refractivity contribution in [3.8, 4) is 16.5 Å². The molecule has 0 spiro atoms. The minimum Gasteiger partial charge on any atom is -0.484 e. The van der Waals surface area contributed by atoms with Crippen molar-refractivity contribution in [2.24, 2.45) is 0 Å². The van der Waals surface area contributed by atoms with Gasteiger partial charge < -0.3 is 19.8 Å². The molecule has 2 heterocycles. The Morgan fingerprint density at radius 1 is 1.26 bits per heavy atom. The lowest BCUT2D eigenvalue weighted by Crippen LogP contribution is -2.28. The van der Waals surface area contributed by atoms with Gasteiger partial charge >= 0.3 is 0 Å². The molecule has 0 atom stereocenters. The topological polar surface area (TPSA) is 93.5 Å². The predicted molar refractivity (Wildman–Crippen MR) is 103 cm³/mol. The van der Waals surface area contributed by atoms with Gasteiger partial charge in [-0.1, -0.05) is 12.1 Å². The van der Waals surface area contributed by atoms with Crippen LogP contribution in [0, 0.1) is 6.92 Å². The number of oxazole rings is 1. The molecule has 0 aliphatic rings. The first kappa shape index (κ1) is 18.7. The molecular formula is C19H19N3O4S. The number of anilines is 1. The summed E-state index contributed by atoms with van der Waals surface area (Å²) in [5, 5.41) is 7.34. The summed E-state index contributed by atoms with van der Waals surface area (Å²) in [7, 11) is 0. The van der Waals surface area contributed by atoms with E-state index in [1.807, 2.05) is 24.4 Å². The van der Waals surface area contributed by atoms with Crippen LogP contribution in [0.1, 0.15) is 23.2 Å². The number of thiophene rings is 1. The molecule has 3 rings (SSSR count). The number of likely N-dealkylation sites (N-methyl/N-ethyl adjacent to an activating group) is 1. The van der Waals surface area contributed by atoms with Crippen molar-refractivity contribution in [1.29, 1.82) is 0 Å². The first-order valence-electron chi connectivity index (χ1n) is 8.39. The van der Waals surface area contributed by atoms with Gasteiger partial charge in [0.05, 0.1) is 4.88 Å². The monoisotopic (exact) mass is 385 g/mol. The molecule has 0 bridgehead atoms. The molecule has 0 saturated heterocycles. The van der Waals surface area contributed by atoms with Crippen molar-refractivity contribution >= 4 is 28.8 Å². The van der Waals surface area contributed by atoms with Crippen LogP contribution in [0.4, 0.5) is 5.69 Å². The Hall–Kier alpha value is -3.13. The molecule has 7 nitrogen and oxygen atoms in total. The van der Waals surface area contributed by atoms with E-state index in [2.05, 4.69) is 15.6 Å². The van der Waals surface area contributed by atoms with E-state index in [1.54, 1.807) is 31.2 Å². The number of aromatic nitrogens is 1. The molecule has 0 saturated carbocycles.